The fraction of sp³-hybridized carbons (Fsp3) is 0.400. The number of hydrogen-bond acceptors (Lipinski definition) is 1. The van der Waals surface area contributed by atoms with Crippen LogP contribution in [0.2, 0.25) is 0 Å². The van der Waals surface area contributed by atoms with Gasteiger partial charge in [-0.05, 0) is 24.1 Å². The van der Waals surface area contributed by atoms with Crippen LogP contribution in [0.1, 0.15) is 11.1 Å². The van der Waals surface area contributed by atoms with Crippen LogP contribution in [-0.2, 0) is 5.88 Å². The average Bonchev–Trinajstić information content (AvgIpc) is 2.03. The molecule has 0 aliphatic carbocycles. The quantitative estimate of drug-likeness (QED) is 0.638. The fourth-order valence-corrected chi connectivity index (χ4v) is 1.63. The first-order chi connectivity index (χ1) is 5.66. The van der Waals surface area contributed by atoms with Crippen molar-refractivity contribution < 1.29 is 0 Å². The number of nitrogens with zero attached hydrogens (tertiary/aromatic N) is 1. The van der Waals surface area contributed by atoms with E-state index in [4.69, 9.17) is 11.6 Å². The average molecular weight is 184 g/mol. The van der Waals surface area contributed by atoms with Crippen LogP contribution < -0.4 is 4.90 Å². The number of rotatable bonds is 2. The Morgan fingerprint density at radius 3 is 2.42 bits per heavy atom. The Kier molecular flexibility index (Phi) is 2.99. The SMILES string of the molecule is Cc1cccc(N(C)C)c1CCl. The molecule has 0 saturated carbocycles. The van der Waals surface area contributed by atoms with E-state index in [-0.39, 0.29) is 0 Å². The van der Waals surface area contributed by atoms with Gasteiger partial charge in [-0.15, -0.1) is 11.6 Å². The predicted molar refractivity (Wildman–Crippen MR) is 55.1 cm³/mol. The smallest absolute Gasteiger partial charge is 0.0497 e. The lowest BCUT2D eigenvalue weighted by atomic mass is 10.1. The zero-order valence-corrected chi connectivity index (χ0v) is 8.52. The number of hydrogen-bond donors (Lipinski definition) is 0. The van der Waals surface area contributed by atoms with Crippen molar-refractivity contribution in [3.63, 3.8) is 0 Å². The highest BCUT2D eigenvalue weighted by Gasteiger charge is 2.04. The second-order valence-electron chi connectivity index (χ2n) is 3.10. The summed E-state index contributed by atoms with van der Waals surface area (Å²) in [5.41, 5.74) is 3.70. The Balaban J connectivity index is 3.18. The zero-order chi connectivity index (χ0) is 9.14. The Morgan fingerprint density at radius 2 is 2.00 bits per heavy atom. The zero-order valence-electron chi connectivity index (χ0n) is 7.76. The van der Waals surface area contributed by atoms with Crippen molar-refractivity contribution in [2.24, 2.45) is 0 Å². The van der Waals surface area contributed by atoms with Gasteiger partial charge in [-0.2, -0.15) is 0 Å². The number of alkyl halides is 1. The van der Waals surface area contributed by atoms with E-state index in [0.29, 0.717) is 5.88 Å². The first-order valence-electron chi connectivity index (χ1n) is 3.98. The minimum atomic E-state index is 0.584. The van der Waals surface area contributed by atoms with Gasteiger partial charge in [0.15, 0.2) is 0 Å². The molecule has 1 aromatic carbocycles. The summed E-state index contributed by atoms with van der Waals surface area (Å²) >= 11 is 5.85. The maximum atomic E-state index is 5.85. The Bertz CT molecular complexity index is 269. The number of aryl methyl sites for hydroxylation is 1. The third-order valence-electron chi connectivity index (χ3n) is 2.00. The second-order valence-corrected chi connectivity index (χ2v) is 3.37. The third-order valence-corrected chi connectivity index (χ3v) is 2.27. The Hall–Kier alpha value is -0.690. The monoisotopic (exact) mass is 183 g/mol. The van der Waals surface area contributed by atoms with E-state index in [0.717, 1.165) is 0 Å². The van der Waals surface area contributed by atoms with Gasteiger partial charge in [-0.25, -0.2) is 0 Å². The molecule has 0 aromatic heterocycles. The summed E-state index contributed by atoms with van der Waals surface area (Å²) in [6.45, 7) is 2.09. The van der Waals surface area contributed by atoms with Crippen LogP contribution in [0.5, 0.6) is 0 Å². The van der Waals surface area contributed by atoms with Crippen molar-refractivity contribution >= 4 is 17.3 Å². The van der Waals surface area contributed by atoms with E-state index >= 15 is 0 Å². The van der Waals surface area contributed by atoms with Crippen LogP contribution in [0.25, 0.3) is 0 Å². The molecule has 0 aliphatic heterocycles. The first-order valence-corrected chi connectivity index (χ1v) is 4.52. The molecule has 1 rings (SSSR count). The van der Waals surface area contributed by atoms with Crippen molar-refractivity contribution in [2.75, 3.05) is 19.0 Å². The van der Waals surface area contributed by atoms with Crippen LogP contribution in [0.3, 0.4) is 0 Å². The van der Waals surface area contributed by atoms with E-state index < -0.39 is 0 Å². The fourth-order valence-electron chi connectivity index (χ4n) is 1.28. The minimum Gasteiger partial charge on any atom is -0.377 e. The maximum Gasteiger partial charge on any atom is 0.0497 e. The van der Waals surface area contributed by atoms with E-state index in [2.05, 4.69) is 30.0 Å². The van der Waals surface area contributed by atoms with E-state index in [1.165, 1.54) is 16.8 Å². The highest BCUT2D eigenvalue weighted by atomic mass is 35.5. The molecule has 0 radical (unpaired) electrons. The van der Waals surface area contributed by atoms with Crippen LogP contribution in [0.4, 0.5) is 5.69 Å². The van der Waals surface area contributed by atoms with E-state index in [1.807, 2.05) is 14.1 Å². The Labute approximate surface area is 79.0 Å². The molecule has 0 aliphatic rings. The molecule has 0 saturated heterocycles. The van der Waals surface area contributed by atoms with Gasteiger partial charge >= 0.3 is 0 Å². The molecule has 1 nitrogen and oxygen atoms in total. The van der Waals surface area contributed by atoms with Crippen molar-refractivity contribution in [1.29, 1.82) is 0 Å². The molecule has 0 heterocycles. The molecule has 2 heteroatoms. The van der Waals surface area contributed by atoms with Crippen LogP contribution in [-0.4, -0.2) is 14.1 Å². The van der Waals surface area contributed by atoms with Gasteiger partial charge in [0.2, 0.25) is 0 Å². The molecule has 0 unspecified atom stereocenters. The van der Waals surface area contributed by atoms with Crippen molar-refractivity contribution in [3.8, 4) is 0 Å². The van der Waals surface area contributed by atoms with Gasteiger partial charge in [-0.3, -0.25) is 0 Å². The topological polar surface area (TPSA) is 3.24 Å². The lowest BCUT2D eigenvalue weighted by molar-refractivity contribution is 1.10. The normalized spacial score (nSPS) is 10.0. The molecule has 0 bridgehead atoms. The molecule has 12 heavy (non-hydrogen) atoms. The lowest BCUT2D eigenvalue weighted by Crippen LogP contribution is -2.11. The summed E-state index contributed by atoms with van der Waals surface area (Å²) in [5, 5.41) is 0. The van der Waals surface area contributed by atoms with E-state index in [9.17, 15) is 0 Å². The lowest BCUT2D eigenvalue weighted by Gasteiger charge is -2.17. The van der Waals surface area contributed by atoms with Crippen LogP contribution in [0, 0.1) is 6.92 Å². The summed E-state index contributed by atoms with van der Waals surface area (Å²) in [4.78, 5) is 2.09. The molecule has 0 amide bonds. The minimum absolute atomic E-state index is 0.584. The second kappa shape index (κ2) is 3.81. The van der Waals surface area contributed by atoms with E-state index in [1.54, 1.807) is 0 Å². The summed E-state index contributed by atoms with van der Waals surface area (Å²) in [5.74, 6) is 0.584. The Morgan fingerprint density at radius 1 is 1.33 bits per heavy atom. The molecule has 1 aromatic rings. The molecular formula is C10H14ClN. The maximum absolute atomic E-state index is 5.85. The van der Waals surface area contributed by atoms with Crippen molar-refractivity contribution in [3.05, 3.63) is 29.3 Å². The standard InChI is InChI=1S/C10H14ClN/c1-8-5-4-6-10(12(2)3)9(8)7-11/h4-6H,7H2,1-3H3. The number of benzene rings is 1. The summed E-state index contributed by atoms with van der Waals surface area (Å²) < 4.78 is 0. The molecule has 66 valence electrons. The summed E-state index contributed by atoms with van der Waals surface area (Å²) in [6.07, 6.45) is 0. The van der Waals surface area contributed by atoms with Gasteiger partial charge in [0.05, 0.1) is 0 Å². The molecule has 0 atom stereocenters. The number of halogens is 1. The highest BCUT2D eigenvalue weighted by Crippen LogP contribution is 2.23. The van der Waals surface area contributed by atoms with Crippen LogP contribution >= 0.6 is 11.6 Å². The number of anilines is 1. The molecule has 0 fully saturated rings. The molecular weight excluding hydrogens is 170 g/mol. The van der Waals surface area contributed by atoms with Crippen molar-refractivity contribution in [2.45, 2.75) is 12.8 Å². The van der Waals surface area contributed by atoms with Gasteiger partial charge in [0.1, 0.15) is 0 Å². The summed E-state index contributed by atoms with van der Waals surface area (Å²) in [7, 11) is 4.07. The largest absolute Gasteiger partial charge is 0.377 e. The van der Waals surface area contributed by atoms with Gasteiger partial charge in [0.25, 0.3) is 0 Å². The molecule has 0 spiro atoms. The highest BCUT2D eigenvalue weighted by molar-refractivity contribution is 6.17. The van der Waals surface area contributed by atoms with Gasteiger partial charge < -0.3 is 4.90 Å². The van der Waals surface area contributed by atoms with Gasteiger partial charge in [0, 0.05) is 25.7 Å². The predicted octanol–water partition coefficient (Wildman–Crippen LogP) is 2.80. The molecule has 0 N–H and O–H groups in total. The van der Waals surface area contributed by atoms with Crippen molar-refractivity contribution in [1.82, 2.24) is 0 Å². The van der Waals surface area contributed by atoms with Crippen LogP contribution in [0.15, 0.2) is 18.2 Å². The summed E-state index contributed by atoms with van der Waals surface area (Å²) in [6, 6.07) is 6.23. The third kappa shape index (κ3) is 1.72. The van der Waals surface area contributed by atoms with Gasteiger partial charge in [-0.1, -0.05) is 12.1 Å². The first kappa shape index (κ1) is 9.40.